The summed E-state index contributed by atoms with van der Waals surface area (Å²) >= 11 is 0. The van der Waals surface area contributed by atoms with Gasteiger partial charge in [-0.15, -0.1) is 0 Å². The monoisotopic (exact) mass is 245 g/mol. The highest BCUT2D eigenvalue weighted by Gasteiger charge is 2.10. The SMILES string of the molecule is CCCc1cn(CCC)c2ccc(C(=O)O)cc12. The van der Waals surface area contributed by atoms with Crippen molar-refractivity contribution in [3.63, 3.8) is 0 Å². The highest BCUT2D eigenvalue weighted by Crippen LogP contribution is 2.24. The van der Waals surface area contributed by atoms with Crippen LogP contribution in [0.2, 0.25) is 0 Å². The largest absolute Gasteiger partial charge is 0.478 e. The summed E-state index contributed by atoms with van der Waals surface area (Å²) in [6, 6.07) is 5.41. The molecule has 0 saturated carbocycles. The topological polar surface area (TPSA) is 42.2 Å². The average molecular weight is 245 g/mol. The van der Waals surface area contributed by atoms with Crippen LogP contribution in [0.5, 0.6) is 0 Å². The predicted octanol–water partition coefficient (Wildman–Crippen LogP) is 3.70. The Labute approximate surface area is 107 Å². The molecule has 96 valence electrons. The van der Waals surface area contributed by atoms with Crippen LogP contribution in [0.3, 0.4) is 0 Å². The van der Waals surface area contributed by atoms with Crippen molar-refractivity contribution in [3.8, 4) is 0 Å². The van der Waals surface area contributed by atoms with Crippen molar-refractivity contribution in [1.29, 1.82) is 0 Å². The van der Waals surface area contributed by atoms with Gasteiger partial charge >= 0.3 is 5.97 Å². The number of rotatable bonds is 5. The number of hydrogen-bond acceptors (Lipinski definition) is 1. The molecule has 1 aromatic carbocycles. The molecule has 0 atom stereocenters. The van der Waals surface area contributed by atoms with E-state index < -0.39 is 5.97 Å². The van der Waals surface area contributed by atoms with E-state index in [9.17, 15) is 4.79 Å². The van der Waals surface area contributed by atoms with Gasteiger partial charge in [0.15, 0.2) is 0 Å². The summed E-state index contributed by atoms with van der Waals surface area (Å²) < 4.78 is 2.23. The molecule has 2 aromatic rings. The number of carboxylic acid groups (broad SMARTS) is 1. The van der Waals surface area contributed by atoms with E-state index in [1.165, 1.54) is 5.56 Å². The zero-order valence-corrected chi connectivity index (χ0v) is 10.9. The maximum atomic E-state index is 11.0. The van der Waals surface area contributed by atoms with Crippen LogP contribution in [-0.2, 0) is 13.0 Å². The van der Waals surface area contributed by atoms with Crippen molar-refractivity contribution >= 4 is 16.9 Å². The first-order valence-electron chi connectivity index (χ1n) is 6.52. The average Bonchev–Trinajstić information content (AvgIpc) is 2.68. The second-order valence-electron chi connectivity index (χ2n) is 4.63. The van der Waals surface area contributed by atoms with Crippen molar-refractivity contribution in [3.05, 3.63) is 35.5 Å². The summed E-state index contributed by atoms with van der Waals surface area (Å²) in [5.41, 5.74) is 2.77. The zero-order valence-electron chi connectivity index (χ0n) is 10.9. The molecule has 0 spiro atoms. The fourth-order valence-corrected chi connectivity index (χ4v) is 2.40. The third-order valence-electron chi connectivity index (χ3n) is 3.19. The summed E-state index contributed by atoms with van der Waals surface area (Å²) in [5.74, 6) is -0.859. The van der Waals surface area contributed by atoms with Crippen molar-refractivity contribution in [2.45, 2.75) is 39.7 Å². The third-order valence-corrected chi connectivity index (χ3v) is 3.19. The van der Waals surface area contributed by atoms with Crippen LogP contribution in [0.15, 0.2) is 24.4 Å². The molecule has 18 heavy (non-hydrogen) atoms. The quantitative estimate of drug-likeness (QED) is 0.872. The predicted molar refractivity (Wildman–Crippen MR) is 73.2 cm³/mol. The standard InChI is InChI=1S/C15H19NO2/c1-3-5-12-10-16(8-4-2)14-7-6-11(15(17)18)9-13(12)14/h6-7,9-10H,3-5,8H2,1-2H3,(H,17,18). The van der Waals surface area contributed by atoms with E-state index in [0.717, 1.165) is 36.7 Å². The van der Waals surface area contributed by atoms with Gasteiger partial charge in [-0.1, -0.05) is 20.3 Å². The first-order valence-corrected chi connectivity index (χ1v) is 6.52. The molecule has 0 aliphatic rings. The van der Waals surface area contributed by atoms with Crippen LogP contribution >= 0.6 is 0 Å². The summed E-state index contributed by atoms with van der Waals surface area (Å²) in [4.78, 5) is 11.0. The van der Waals surface area contributed by atoms with Crippen LogP contribution in [0.25, 0.3) is 10.9 Å². The van der Waals surface area contributed by atoms with Gasteiger partial charge < -0.3 is 9.67 Å². The number of aromatic nitrogens is 1. The maximum Gasteiger partial charge on any atom is 0.335 e. The summed E-state index contributed by atoms with van der Waals surface area (Å²) in [5, 5.41) is 10.2. The molecule has 0 fully saturated rings. The summed E-state index contributed by atoms with van der Waals surface area (Å²) in [7, 11) is 0. The first-order chi connectivity index (χ1) is 8.67. The van der Waals surface area contributed by atoms with Gasteiger partial charge in [0.1, 0.15) is 0 Å². The van der Waals surface area contributed by atoms with E-state index >= 15 is 0 Å². The second kappa shape index (κ2) is 5.25. The van der Waals surface area contributed by atoms with Gasteiger partial charge in [-0.3, -0.25) is 0 Å². The zero-order chi connectivity index (χ0) is 13.1. The Morgan fingerprint density at radius 1 is 1.28 bits per heavy atom. The van der Waals surface area contributed by atoms with Crippen molar-refractivity contribution in [1.82, 2.24) is 4.57 Å². The van der Waals surface area contributed by atoms with Gasteiger partial charge in [0.2, 0.25) is 0 Å². The highest BCUT2D eigenvalue weighted by molar-refractivity contribution is 5.95. The smallest absolute Gasteiger partial charge is 0.335 e. The van der Waals surface area contributed by atoms with Gasteiger partial charge in [-0.05, 0) is 36.6 Å². The number of carbonyl (C=O) groups is 1. The normalized spacial score (nSPS) is 11.0. The minimum Gasteiger partial charge on any atom is -0.478 e. The van der Waals surface area contributed by atoms with Crippen LogP contribution in [-0.4, -0.2) is 15.6 Å². The fraction of sp³-hybridized carbons (Fsp3) is 0.400. The Kier molecular flexibility index (Phi) is 3.70. The minimum absolute atomic E-state index is 0.370. The van der Waals surface area contributed by atoms with Gasteiger partial charge in [0, 0.05) is 23.6 Å². The van der Waals surface area contributed by atoms with Gasteiger partial charge in [-0.25, -0.2) is 4.79 Å². The van der Waals surface area contributed by atoms with E-state index in [4.69, 9.17) is 5.11 Å². The minimum atomic E-state index is -0.859. The molecule has 0 amide bonds. The van der Waals surface area contributed by atoms with E-state index in [0.29, 0.717) is 5.56 Å². The van der Waals surface area contributed by atoms with Gasteiger partial charge in [0.05, 0.1) is 5.56 Å². The molecule has 1 aromatic heterocycles. The van der Waals surface area contributed by atoms with E-state index in [1.807, 2.05) is 6.07 Å². The Hall–Kier alpha value is -1.77. The van der Waals surface area contributed by atoms with Crippen molar-refractivity contribution in [2.75, 3.05) is 0 Å². The Morgan fingerprint density at radius 2 is 2.06 bits per heavy atom. The number of fused-ring (bicyclic) bond motifs is 1. The molecular weight excluding hydrogens is 226 g/mol. The van der Waals surface area contributed by atoms with Crippen LogP contribution < -0.4 is 0 Å². The summed E-state index contributed by atoms with van der Waals surface area (Å²) in [6.45, 7) is 5.27. The first kappa shape index (κ1) is 12.7. The molecule has 3 heteroatoms. The molecule has 0 aliphatic carbocycles. The van der Waals surface area contributed by atoms with E-state index in [2.05, 4.69) is 24.6 Å². The van der Waals surface area contributed by atoms with E-state index in [-0.39, 0.29) is 0 Å². The van der Waals surface area contributed by atoms with E-state index in [1.54, 1.807) is 12.1 Å². The van der Waals surface area contributed by atoms with Crippen LogP contribution in [0.1, 0.15) is 42.6 Å². The lowest BCUT2D eigenvalue weighted by Crippen LogP contribution is -1.97. The third kappa shape index (κ3) is 2.26. The molecule has 1 heterocycles. The lowest BCUT2D eigenvalue weighted by molar-refractivity contribution is 0.0697. The molecule has 3 nitrogen and oxygen atoms in total. The number of nitrogens with zero attached hydrogens (tertiary/aromatic N) is 1. The molecule has 0 aliphatic heterocycles. The second-order valence-corrected chi connectivity index (χ2v) is 4.63. The number of carboxylic acids is 1. The molecule has 2 rings (SSSR count). The van der Waals surface area contributed by atoms with Gasteiger partial charge in [-0.2, -0.15) is 0 Å². The van der Waals surface area contributed by atoms with Crippen LogP contribution in [0.4, 0.5) is 0 Å². The lowest BCUT2D eigenvalue weighted by Gasteiger charge is -2.02. The Morgan fingerprint density at radius 3 is 2.67 bits per heavy atom. The number of aryl methyl sites for hydroxylation is 2. The fourth-order valence-electron chi connectivity index (χ4n) is 2.40. The molecular formula is C15H19NO2. The lowest BCUT2D eigenvalue weighted by atomic mass is 10.1. The van der Waals surface area contributed by atoms with Crippen LogP contribution in [0, 0.1) is 0 Å². The maximum absolute atomic E-state index is 11.0. The summed E-state index contributed by atoms with van der Waals surface area (Å²) in [6.07, 6.45) is 5.32. The molecule has 0 radical (unpaired) electrons. The molecule has 1 N–H and O–H groups in total. The number of benzene rings is 1. The Balaban J connectivity index is 2.59. The Bertz CT molecular complexity index is 569. The van der Waals surface area contributed by atoms with Gasteiger partial charge in [0.25, 0.3) is 0 Å². The highest BCUT2D eigenvalue weighted by atomic mass is 16.4. The number of aromatic carboxylic acids is 1. The molecule has 0 saturated heterocycles. The number of hydrogen-bond donors (Lipinski definition) is 1. The van der Waals surface area contributed by atoms with Crippen molar-refractivity contribution in [2.24, 2.45) is 0 Å². The van der Waals surface area contributed by atoms with Crippen molar-refractivity contribution < 1.29 is 9.90 Å². The molecule has 0 bridgehead atoms. The molecule has 0 unspecified atom stereocenters.